The van der Waals surface area contributed by atoms with Gasteiger partial charge in [0.05, 0.1) is 0 Å². The second kappa shape index (κ2) is 7.35. The molecular formula is C15H25N3O2S. The van der Waals surface area contributed by atoms with Gasteiger partial charge in [-0.15, -0.1) is 0 Å². The SMILES string of the molecule is CN(Cc1ccc(CN)cc1)S(=O)(=O)N1CCCCCC1. The van der Waals surface area contributed by atoms with E-state index in [0.29, 0.717) is 26.2 Å². The van der Waals surface area contributed by atoms with Gasteiger partial charge >= 0.3 is 0 Å². The Morgan fingerprint density at radius 1 is 1.05 bits per heavy atom. The van der Waals surface area contributed by atoms with E-state index in [1.165, 1.54) is 4.31 Å². The highest BCUT2D eigenvalue weighted by Crippen LogP contribution is 2.17. The molecule has 2 rings (SSSR count). The van der Waals surface area contributed by atoms with E-state index in [2.05, 4.69) is 0 Å². The molecule has 0 amide bonds. The normalized spacial score (nSPS) is 17.9. The van der Waals surface area contributed by atoms with Gasteiger partial charge in [0.15, 0.2) is 0 Å². The quantitative estimate of drug-likeness (QED) is 0.900. The summed E-state index contributed by atoms with van der Waals surface area (Å²) in [5.74, 6) is 0. The summed E-state index contributed by atoms with van der Waals surface area (Å²) in [7, 11) is -1.71. The molecule has 0 saturated carbocycles. The number of benzene rings is 1. The first-order valence-electron chi connectivity index (χ1n) is 7.53. The van der Waals surface area contributed by atoms with Crippen LogP contribution in [0.15, 0.2) is 24.3 Å². The third-order valence-corrected chi connectivity index (χ3v) is 5.88. The molecule has 1 aliphatic rings. The number of rotatable bonds is 5. The molecule has 6 heteroatoms. The molecule has 0 radical (unpaired) electrons. The van der Waals surface area contributed by atoms with Crippen molar-refractivity contribution in [3.05, 3.63) is 35.4 Å². The molecule has 0 spiro atoms. The van der Waals surface area contributed by atoms with Crippen molar-refractivity contribution in [3.8, 4) is 0 Å². The Morgan fingerprint density at radius 3 is 2.10 bits per heavy atom. The van der Waals surface area contributed by atoms with E-state index in [1.54, 1.807) is 11.4 Å². The molecule has 0 aliphatic carbocycles. The monoisotopic (exact) mass is 311 g/mol. The van der Waals surface area contributed by atoms with Crippen molar-refractivity contribution in [2.24, 2.45) is 5.73 Å². The third kappa shape index (κ3) is 4.26. The molecule has 118 valence electrons. The minimum atomic E-state index is -3.36. The number of nitrogens with two attached hydrogens (primary N) is 1. The molecule has 1 aromatic rings. The summed E-state index contributed by atoms with van der Waals surface area (Å²) in [6.07, 6.45) is 4.16. The minimum absolute atomic E-state index is 0.393. The average Bonchev–Trinajstić information content (AvgIpc) is 2.77. The van der Waals surface area contributed by atoms with Crippen molar-refractivity contribution < 1.29 is 8.42 Å². The molecule has 1 heterocycles. The van der Waals surface area contributed by atoms with E-state index in [-0.39, 0.29) is 0 Å². The van der Waals surface area contributed by atoms with E-state index < -0.39 is 10.2 Å². The fourth-order valence-electron chi connectivity index (χ4n) is 2.59. The smallest absolute Gasteiger partial charge is 0.282 e. The van der Waals surface area contributed by atoms with Gasteiger partial charge < -0.3 is 5.73 Å². The molecule has 1 saturated heterocycles. The standard InChI is InChI=1S/C15H25N3O2S/c1-17(13-15-8-6-14(12-16)7-9-15)21(19,20)18-10-4-2-3-5-11-18/h6-9H,2-5,10-13,16H2,1H3. The minimum Gasteiger partial charge on any atom is -0.326 e. The first kappa shape index (κ1) is 16.4. The van der Waals surface area contributed by atoms with Gasteiger partial charge in [-0.05, 0) is 24.0 Å². The summed E-state index contributed by atoms with van der Waals surface area (Å²) in [5, 5.41) is 0. The molecular weight excluding hydrogens is 286 g/mol. The second-order valence-electron chi connectivity index (χ2n) is 5.60. The van der Waals surface area contributed by atoms with Crippen molar-refractivity contribution in [2.45, 2.75) is 38.8 Å². The van der Waals surface area contributed by atoms with Crippen LogP contribution in [-0.2, 0) is 23.3 Å². The van der Waals surface area contributed by atoms with Gasteiger partial charge in [0.1, 0.15) is 0 Å². The number of hydrogen-bond acceptors (Lipinski definition) is 3. The predicted molar refractivity (Wildman–Crippen MR) is 84.8 cm³/mol. The van der Waals surface area contributed by atoms with Gasteiger partial charge in [-0.3, -0.25) is 0 Å². The van der Waals surface area contributed by atoms with Gasteiger partial charge in [-0.25, -0.2) is 0 Å². The van der Waals surface area contributed by atoms with Crippen molar-refractivity contribution in [1.29, 1.82) is 0 Å². The van der Waals surface area contributed by atoms with E-state index in [4.69, 9.17) is 5.73 Å². The molecule has 5 nitrogen and oxygen atoms in total. The summed E-state index contributed by atoms with van der Waals surface area (Å²) >= 11 is 0. The Labute approximate surface area is 127 Å². The molecule has 1 aliphatic heterocycles. The van der Waals surface area contributed by atoms with E-state index in [9.17, 15) is 8.42 Å². The fraction of sp³-hybridized carbons (Fsp3) is 0.600. The predicted octanol–water partition coefficient (Wildman–Crippen LogP) is 1.70. The van der Waals surface area contributed by atoms with Crippen LogP contribution in [0.25, 0.3) is 0 Å². The summed E-state index contributed by atoms with van der Waals surface area (Å²) < 4.78 is 28.3. The Morgan fingerprint density at radius 2 is 1.57 bits per heavy atom. The molecule has 0 atom stereocenters. The molecule has 0 bridgehead atoms. The van der Waals surface area contributed by atoms with Gasteiger partial charge in [0, 0.05) is 33.2 Å². The molecule has 21 heavy (non-hydrogen) atoms. The topological polar surface area (TPSA) is 66.6 Å². The maximum atomic E-state index is 12.6. The lowest BCUT2D eigenvalue weighted by atomic mass is 10.1. The van der Waals surface area contributed by atoms with Crippen LogP contribution in [0.2, 0.25) is 0 Å². The van der Waals surface area contributed by atoms with Gasteiger partial charge in [0.2, 0.25) is 0 Å². The molecule has 1 aromatic carbocycles. The highest BCUT2D eigenvalue weighted by atomic mass is 32.2. The largest absolute Gasteiger partial charge is 0.326 e. The van der Waals surface area contributed by atoms with Crippen molar-refractivity contribution in [2.75, 3.05) is 20.1 Å². The molecule has 0 aromatic heterocycles. The zero-order chi connectivity index (χ0) is 15.3. The maximum absolute atomic E-state index is 12.6. The fourth-order valence-corrected chi connectivity index (χ4v) is 4.02. The van der Waals surface area contributed by atoms with Crippen molar-refractivity contribution in [1.82, 2.24) is 8.61 Å². The van der Waals surface area contributed by atoms with E-state index in [1.807, 2.05) is 24.3 Å². The average molecular weight is 311 g/mol. The third-order valence-electron chi connectivity index (χ3n) is 3.95. The first-order chi connectivity index (χ1) is 10.0. The molecule has 1 fully saturated rings. The van der Waals surface area contributed by atoms with Crippen LogP contribution in [0.3, 0.4) is 0 Å². The first-order valence-corrected chi connectivity index (χ1v) is 8.93. The Balaban J connectivity index is 2.04. The highest BCUT2D eigenvalue weighted by molar-refractivity contribution is 7.86. The summed E-state index contributed by atoms with van der Waals surface area (Å²) in [6, 6.07) is 7.77. The van der Waals surface area contributed by atoms with Crippen LogP contribution < -0.4 is 5.73 Å². The lowest BCUT2D eigenvalue weighted by molar-refractivity contribution is 0.363. The number of nitrogens with zero attached hydrogens (tertiary/aromatic N) is 2. The summed E-state index contributed by atoms with van der Waals surface area (Å²) in [5.41, 5.74) is 7.60. The Kier molecular flexibility index (Phi) is 5.75. The van der Waals surface area contributed by atoms with Gasteiger partial charge in [-0.2, -0.15) is 17.0 Å². The van der Waals surface area contributed by atoms with Crippen LogP contribution in [-0.4, -0.2) is 37.2 Å². The molecule has 2 N–H and O–H groups in total. The zero-order valence-electron chi connectivity index (χ0n) is 12.7. The maximum Gasteiger partial charge on any atom is 0.282 e. The van der Waals surface area contributed by atoms with Crippen LogP contribution in [0.5, 0.6) is 0 Å². The second-order valence-corrected chi connectivity index (χ2v) is 7.63. The zero-order valence-corrected chi connectivity index (χ0v) is 13.5. The van der Waals surface area contributed by atoms with Gasteiger partial charge in [-0.1, -0.05) is 37.1 Å². The van der Waals surface area contributed by atoms with E-state index >= 15 is 0 Å². The van der Waals surface area contributed by atoms with E-state index in [0.717, 1.165) is 36.8 Å². The Bertz CT molecular complexity index is 535. The van der Waals surface area contributed by atoms with Crippen molar-refractivity contribution in [3.63, 3.8) is 0 Å². The summed E-state index contributed by atoms with van der Waals surface area (Å²) in [4.78, 5) is 0. The highest BCUT2D eigenvalue weighted by Gasteiger charge is 2.27. The van der Waals surface area contributed by atoms with Crippen LogP contribution >= 0.6 is 0 Å². The Hall–Kier alpha value is -0.950. The lowest BCUT2D eigenvalue weighted by Crippen LogP contribution is -2.42. The van der Waals surface area contributed by atoms with Gasteiger partial charge in [0.25, 0.3) is 10.2 Å². The van der Waals surface area contributed by atoms with Crippen LogP contribution in [0.4, 0.5) is 0 Å². The number of hydrogen-bond donors (Lipinski definition) is 1. The summed E-state index contributed by atoms with van der Waals surface area (Å²) in [6.45, 7) is 2.17. The van der Waals surface area contributed by atoms with Crippen LogP contribution in [0, 0.1) is 0 Å². The molecule has 0 unspecified atom stereocenters. The van der Waals surface area contributed by atoms with Crippen molar-refractivity contribution >= 4 is 10.2 Å². The lowest BCUT2D eigenvalue weighted by Gasteiger charge is -2.26. The van der Waals surface area contributed by atoms with Crippen LogP contribution in [0.1, 0.15) is 36.8 Å².